The number of nitrogens with zero attached hydrogens (tertiary/aromatic N) is 3. The molecule has 0 aliphatic carbocycles. The molecular formula is C25H28N4O3S. The molecule has 0 unspecified atom stereocenters. The summed E-state index contributed by atoms with van der Waals surface area (Å²) in [4.78, 5) is 33.7. The number of thiazole rings is 1. The molecule has 1 aromatic heterocycles. The van der Waals surface area contributed by atoms with Gasteiger partial charge >= 0.3 is 0 Å². The Morgan fingerprint density at radius 2 is 1.76 bits per heavy atom. The minimum atomic E-state index is -0.200. The smallest absolute Gasteiger partial charge is 0.257 e. The van der Waals surface area contributed by atoms with E-state index in [2.05, 4.69) is 27.3 Å². The zero-order valence-electron chi connectivity index (χ0n) is 18.7. The van der Waals surface area contributed by atoms with Crippen molar-refractivity contribution in [2.45, 2.75) is 12.8 Å². The molecule has 0 spiro atoms. The van der Waals surface area contributed by atoms with Gasteiger partial charge < -0.3 is 9.64 Å². The van der Waals surface area contributed by atoms with Crippen LogP contribution < -0.4 is 10.1 Å². The third-order valence-corrected chi connectivity index (χ3v) is 6.55. The lowest BCUT2D eigenvalue weighted by Crippen LogP contribution is -2.49. The molecule has 2 aromatic carbocycles. The maximum absolute atomic E-state index is 12.7. The third-order valence-electron chi connectivity index (χ3n) is 5.74. The average Bonchev–Trinajstić information content (AvgIpc) is 3.30. The zero-order valence-corrected chi connectivity index (χ0v) is 19.5. The molecule has 7 nitrogen and oxygen atoms in total. The molecule has 4 rings (SSSR count). The molecule has 2 heterocycles. The SMILES string of the molecule is COc1ccc(CCN2CCN(C(=O)Cc3csc(NC(=O)c4ccccc4)n3)CC2)cc1. The van der Waals surface area contributed by atoms with Gasteiger partial charge in [-0.25, -0.2) is 4.98 Å². The second-order valence-corrected chi connectivity index (χ2v) is 8.82. The summed E-state index contributed by atoms with van der Waals surface area (Å²) in [6, 6.07) is 17.2. The summed E-state index contributed by atoms with van der Waals surface area (Å²) in [5, 5.41) is 5.15. The molecular weight excluding hydrogens is 436 g/mol. The molecule has 2 amide bonds. The van der Waals surface area contributed by atoms with Crippen LogP contribution in [0.3, 0.4) is 0 Å². The Morgan fingerprint density at radius 1 is 1.03 bits per heavy atom. The largest absolute Gasteiger partial charge is 0.497 e. The first-order valence-corrected chi connectivity index (χ1v) is 11.9. The number of hydrogen-bond donors (Lipinski definition) is 1. The lowest BCUT2D eigenvalue weighted by atomic mass is 10.1. The van der Waals surface area contributed by atoms with Crippen LogP contribution in [0, 0.1) is 0 Å². The topological polar surface area (TPSA) is 74.8 Å². The number of anilines is 1. The molecule has 1 saturated heterocycles. The minimum absolute atomic E-state index is 0.0797. The predicted octanol–water partition coefficient (Wildman–Crippen LogP) is 3.33. The van der Waals surface area contributed by atoms with E-state index in [0.29, 0.717) is 16.4 Å². The molecule has 1 N–H and O–H groups in total. The lowest BCUT2D eigenvalue weighted by Gasteiger charge is -2.34. The first-order valence-electron chi connectivity index (χ1n) is 11.0. The highest BCUT2D eigenvalue weighted by molar-refractivity contribution is 7.14. The van der Waals surface area contributed by atoms with Gasteiger partial charge in [-0.05, 0) is 36.2 Å². The van der Waals surface area contributed by atoms with Crippen molar-refractivity contribution < 1.29 is 14.3 Å². The maximum Gasteiger partial charge on any atom is 0.257 e. The number of methoxy groups -OCH3 is 1. The Bertz CT molecular complexity index is 1060. The van der Waals surface area contributed by atoms with Gasteiger partial charge in [-0.2, -0.15) is 0 Å². The quantitative estimate of drug-likeness (QED) is 0.554. The van der Waals surface area contributed by atoms with Gasteiger partial charge in [-0.3, -0.25) is 19.8 Å². The van der Waals surface area contributed by atoms with E-state index in [9.17, 15) is 9.59 Å². The van der Waals surface area contributed by atoms with E-state index in [0.717, 1.165) is 44.9 Å². The van der Waals surface area contributed by atoms with Crippen LogP contribution in [0.15, 0.2) is 60.0 Å². The van der Waals surface area contributed by atoms with Crippen molar-refractivity contribution in [3.63, 3.8) is 0 Å². The second-order valence-electron chi connectivity index (χ2n) is 7.96. The standard InChI is InChI=1S/C25H28N4O3S/c1-32-22-9-7-19(8-10-22)11-12-28-13-15-29(16-14-28)23(30)17-21-18-33-25(26-21)27-24(31)20-5-3-2-4-6-20/h2-10,18H,11-17H2,1H3,(H,26,27,31). The molecule has 1 aliphatic heterocycles. The van der Waals surface area contributed by atoms with Gasteiger partial charge in [0.1, 0.15) is 5.75 Å². The van der Waals surface area contributed by atoms with Crippen molar-refractivity contribution in [3.05, 3.63) is 76.8 Å². The van der Waals surface area contributed by atoms with Crippen LogP contribution in [-0.4, -0.2) is 66.4 Å². The molecule has 8 heteroatoms. The van der Waals surface area contributed by atoms with Crippen LogP contribution in [-0.2, 0) is 17.6 Å². The highest BCUT2D eigenvalue weighted by atomic mass is 32.1. The first-order chi connectivity index (χ1) is 16.1. The van der Waals surface area contributed by atoms with E-state index in [4.69, 9.17) is 4.74 Å². The summed E-state index contributed by atoms with van der Waals surface area (Å²) >= 11 is 1.34. The van der Waals surface area contributed by atoms with Crippen LogP contribution in [0.25, 0.3) is 0 Å². The Kier molecular flexibility index (Phi) is 7.70. The maximum atomic E-state index is 12.7. The highest BCUT2D eigenvalue weighted by Gasteiger charge is 2.22. The number of benzene rings is 2. The molecule has 0 radical (unpaired) electrons. The summed E-state index contributed by atoms with van der Waals surface area (Å²) in [7, 11) is 1.67. The molecule has 172 valence electrons. The Hall–Kier alpha value is -3.23. The zero-order chi connectivity index (χ0) is 23.0. The monoisotopic (exact) mass is 464 g/mol. The van der Waals surface area contributed by atoms with E-state index in [1.54, 1.807) is 19.2 Å². The van der Waals surface area contributed by atoms with Gasteiger partial charge in [-0.15, -0.1) is 11.3 Å². The van der Waals surface area contributed by atoms with Crippen molar-refractivity contribution in [3.8, 4) is 5.75 Å². The number of nitrogens with one attached hydrogen (secondary N) is 1. The molecule has 33 heavy (non-hydrogen) atoms. The van der Waals surface area contributed by atoms with Crippen LogP contribution in [0.4, 0.5) is 5.13 Å². The number of carbonyl (C=O) groups is 2. The lowest BCUT2D eigenvalue weighted by molar-refractivity contribution is -0.132. The molecule has 0 atom stereocenters. The Morgan fingerprint density at radius 3 is 2.45 bits per heavy atom. The summed E-state index contributed by atoms with van der Waals surface area (Å²) < 4.78 is 5.21. The van der Waals surface area contributed by atoms with Gasteiger partial charge in [0.15, 0.2) is 5.13 Å². The first kappa shape index (κ1) is 22.9. The number of ether oxygens (including phenoxy) is 1. The number of aromatic nitrogens is 1. The van der Waals surface area contributed by atoms with Gasteiger partial charge in [0.05, 0.1) is 19.2 Å². The number of amides is 2. The average molecular weight is 465 g/mol. The van der Waals surface area contributed by atoms with Gasteiger partial charge in [0, 0.05) is 43.7 Å². The molecule has 0 bridgehead atoms. The minimum Gasteiger partial charge on any atom is -0.497 e. The van der Waals surface area contributed by atoms with Crippen LogP contribution in [0.1, 0.15) is 21.6 Å². The number of rotatable bonds is 8. The van der Waals surface area contributed by atoms with Gasteiger partial charge in [-0.1, -0.05) is 30.3 Å². The third kappa shape index (κ3) is 6.40. The number of piperazine rings is 1. The van der Waals surface area contributed by atoms with E-state index in [1.165, 1.54) is 16.9 Å². The fourth-order valence-electron chi connectivity index (χ4n) is 3.77. The normalized spacial score (nSPS) is 14.2. The van der Waals surface area contributed by atoms with E-state index in [1.807, 2.05) is 40.6 Å². The highest BCUT2D eigenvalue weighted by Crippen LogP contribution is 2.18. The van der Waals surface area contributed by atoms with E-state index in [-0.39, 0.29) is 18.2 Å². The van der Waals surface area contributed by atoms with Crippen molar-refractivity contribution in [2.24, 2.45) is 0 Å². The van der Waals surface area contributed by atoms with Crippen molar-refractivity contribution >= 4 is 28.3 Å². The second kappa shape index (κ2) is 11.1. The van der Waals surface area contributed by atoms with Crippen LogP contribution in [0.5, 0.6) is 5.75 Å². The molecule has 1 aliphatic rings. The number of carbonyl (C=O) groups excluding carboxylic acids is 2. The Labute approximate surface area is 198 Å². The van der Waals surface area contributed by atoms with Crippen molar-refractivity contribution in [2.75, 3.05) is 45.2 Å². The van der Waals surface area contributed by atoms with Gasteiger partial charge in [0.25, 0.3) is 5.91 Å². The van der Waals surface area contributed by atoms with E-state index >= 15 is 0 Å². The van der Waals surface area contributed by atoms with Crippen molar-refractivity contribution in [1.82, 2.24) is 14.8 Å². The fourth-order valence-corrected chi connectivity index (χ4v) is 4.48. The summed E-state index contributed by atoms with van der Waals surface area (Å²) in [5.41, 5.74) is 2.55. The fraction of sp³-hybridized carbons (Fsp3) is 0.320. The van der Waals surface area contributed by atoms with Crippen LogP contribution in [0.2, 0.25) is 0 Å². The number of hydrogen-bond acceptors (Lipinski definition) is 6. The summed E-state index contributed by atoms with van der Waals surface area (Å²) in [6.07, 6.45) is 1.23. The summed E-state index contributed by atoms with van der Waals surface area (Å²) in [6.45, 7) is 4.17. The molecule has 1 fully saturated rings. The Balaban J connectivity index is 1.20. The van der Waals surface area contributed by atoms with Gasteiger partial charge in [0.2, 0.25) is 5.91 Å². The van der Waals surface area contributed by atoms with Crippen LogP contribution >= 0.6 is 11.3 Å². The van der Waals surface area contributed by atoms with Crippen molar-refractivity contribution in [1.29, 1.82) is 0 Å². The molecule has 0 saturated carbocycles. The molecule has 3 aromatic rings. The summed E-state index contributed by atoms with van der Waals surface area (Å²) in [5.74, 6) is 0.751. The predicted molar refractivity (Wildman–Crippen MR) is 130 cm³/mol. The van der Waals surface area contributed by atoms with E-state index < -0.39 is 0 Å².